The molecule has 2 atom stereocenters. The molecule has 58 valence electrons. The highest BCUT2D eigenvalue weighted by atomic mass is 16.5. The van der Waals surface area contributed by atoms with Crippen molar-refractivity contribution in [2.75, 3.05) is 0 Å². The molecule has 0 heterocycles. The van der Waals surface area contributed by atoms with E-state index in [1.54, 1.807) is 0 Å². The van der Waals surface area contributed by atoms with Crippen LogP contribution in [0.3, 0.4) is 0 Å². The topological polar surface area (TPSA) is 35.2 Å². The Hall–Kier alpha value is -1.02. The first-order valence-corrected chi connectivity index (χ1v) is 3.83. The van der Waals surface area contributed by atoms with E-state index in [2.05, 4.69) is 0 Å². The Kier molecular flexibility index (Phi) is 1.55. The van der Waals surface area contributed by atoms with Crippen LogP contribution in [0.5, 0.6) is 5.75 Å². The van der Waals surface area contributed by atoms with Gasteiger partial charge in [0.1, 0.15) is 11.9 Å². The molecule has 0 saturated heterocycles. The fourth-order valence-corrected chi connectivity index (χ4v) is 0.999. The van der Waals surface area contributed by atoms with Crippen LogP contribution < -0.4 is 10.5 Å². The third-order valence-electron chi connectivity index (χ3n) is 1.81. The van der Waals surface area contributed by atoms with Crippen molar-refractivity contribution in [3.8, 4) is 5.75 Å². The van der Waals surface area contributed by atoms with E-state index in [9.17, 15) is 0 Å². The van der Waals surface area contributed by atoms with Crippen molar-refractivity contribution in [1.82, 2.24) is 0 Å². The van der Waals surface area contributed by atoms with Gasteiger partial charge < -0.3 is 10.5 Å². The highest BCUT2D eigenvalue weighted by Crippen LogP contribution is 2.25. The Morgan fingerprint density at radius 3 is 2.45 bits per heavy atom. The number of hydrogen-bond donors (Lipinski definition) is 1. The number of para-hydroxylation sites is 1. The second-order valence-corrected chi connectivity index (χ2v) is 2.87. The monoisotopic (exact) mass is 149 g/mol. The summed E-state index contributed by atoms with van der Waals surface area (Å²) in [5, 5.41) is 0. The molecule has 2 heteroatoms. The van der Waals surface area contributed by atoms with Gasteiger partial charge >= 0.3 is 0 Å². The Morgan fingerprint density at radius 2 is 1.91 bits per heavy atom. The minimum Gasteiger partial charge on any atom is -0.489 e. The molecule has 2 nitrogen and oxygen atoms in total. The first-order chi connectivity index (χ1) is 5.36. The van der Waals surface area contributed by atoms with Crippen LogP contribution in [0.25, 0.3) is 0 Å². The van der Waals surface area contributed by atoms with Crippen LogP contribution >= 0.6 is 0 Å². The predicted molar refractivity (Wildman–Crippen MR) is 43.5 cm³/mol. The number of rotatable bonds is 2. The Labute approximate surface area is 66.0 Å². The molecule has 0 aromatic heterocycles. The average molecular weight is 149 g/mol. The minimum atomic E-state index is 0.259. The summed E-state index contributed by atoms with van der Waals surface area (Å²) in [6, 6.07) is 10.1. The minimum absolute atomic E-state index is 0.259. The lowest BCUT2D eigenvalue weighted by atomic mass is 10.3. The molecule has 1 aromatic rings. The van der Waals surface area contributed by atoms with Gasteiger partial charge in [0.15, 0.2) is 0 Å². The van der Waals surface area contributed by atoms with Gasteiger partial charge in [0.2, 0.25) is 0 Å². The lowest BCUT2D eigenvalue weighted by molar-refractivity contribution is 0.296. The van der Waals surface area contributed by atoms with Crippen LogP contribution in [-0.2, 0) is 0 Å². The van der Waals surface area contributed by atoms with Gasteiger partial charge in [-0.1, -0.05) is 18.2 Å². The van der Waals surface area contributed by atoms with Crippen molar-refractivity contribution in [3.63, 3.8) is 0 Å². The molecule has 1 aliphatic rings. The van der Waals surface area contributed by atoms with Gasteiger partial charge in [-0.2, -0.15) is 0 Å². The van der Waals surface area contributed by atoms with Crippen LogP contribution in [0, 0.1) is 0 Å². The maximum Gasteiger partial charge on any atom is 0.119 e. The number of nitrogens with two attached hydrogens (primary N) is 1. The molecule has 0 aliphatic heterocycles. The molecule has 0 radical (unpaired) electrons. The lowest BCUT2D eigenvalue weighted by Gasteiger charge is -2.02. The van der Waals surface area contributed by atoms with Gasteiger partial charge in [-0.05, 0) is 12.1 Å². The van der Waals surface area contributed by atoms with E-state index in [0.29, 0.717) is 0 Å². The summed E-state index contributed by atoms with van der Waals surface area (Å²) in [6.07, 6.45) is 1.26. The first kappa shape index (κ1) is 6.68. The molecule has 0 unspecified atom stereocenters. The molecular weight excluding hydrogens is 138 g/mol. The molecule has 1 aromatic carbocycles. The van der Waals surface area contributed by atoms with Crippen LogP contribution in [-0.4, -0.2) is 12.1 Å². The lowest BCUT2D eigenvalue weighted by Crippen LogP contribution is -2.10. The average Bonchev–Trinajstić information content (AvgIpc) is 2.69. The van der Waals surface area contributed by atoms with Crippen LogP contribution in [0.2, 0.25) is 0 Å². The highest BCUT2D eigenvalue weighted by Gasteiger charge is 2.35. The van der Waals surface area contributed by atoms with Gasteiger partial charge in [0.05, 0.1) is 0 Å². The molecule has 2 N–H and O–H groups in total. The summed E-state index contributed by atoms with van der Waals surface area (Å²) in [6.45, 7) is 0. The SMILES string of the molecule is N[C@@H]1C[C@H]1Oc1ccccc1. The van der Waals surface area contributed by atoms with Gasteiger partial charge in [-0.15, -0.1) is 0 Å². The van der Waals surface area contributed by atoms with Crippen molar-refractivity contribution in [1.29, 1.82) is 0 Å². The molecule has 0 bridgehead atoms. The maximum atomic E-state index is 5.59. The summed E-state index contributed by atoms with van der Waals surface area (Å²) in [7, 11) is 0. The van der Waals surface area contributed by atoms with E-state index >= 15 is 0 Å². The van der Waals surface area contributed by atoms with Crippen molar-refractivity contribution >= 4 is 0 Å². The van der Waals surface area contributed by atoms with E-state index in [1.807, 2.05) is 30.3 Å². The number of hydrogen-bond acceptors (Lipinski definition) is 2. The van der Waals surface area contributed by atoms with Gasteiger partial charge in [0.25, 0.3) is 0 Å². The van der Waals surface area contributed by atoms with Gasteiger partial charge in [-0.25, -0.2) is 0 Å². The fourth-order valence-electron chi connectivity index (χ4n) is 0.999. The third-order valence-corrected chi connectivity index (χ3v) is 1.81. The molecule has 11 heavy (non-hydrogen) atoms. The predicted octanol–water partition coefficient (Wildman–Crippen LogP) is 1.16. The molecule has 0 amide bonds. The Morgan fingerprint density at radius 1 is 1.27 bits per heavy atom. The first-order valence-electron chi connectivity index (χ1n) is 3.83. The molecule has 0 spiro atoms. The van der Waals surface area contributed by atoms with Crippen molar-refractivity contribution in [2.24, 2.45) is 5.73 Å². The number of benzene rings is 1. The molecule has 2 rings (SSSR count). The van der Waals surface area contributed by atoms with E-state index < -0.39 is 0 Å². The second-order valence-electron chi connectivity index (χ2n) is 2.87. The molecular formula is C9H11NO. The summed E-state index contributed by atoms with van der Waals surface area (Å²) in [5.41, 5.74) is 5.59. The van der Waals surface area contributed by atoms with Crippen molar-refractivity contribution in [2.45, 2.75) is 18.6 Å². The zero-order chi connectivity index (χ0) is 7.68. The van der Waals surface area contributed by atoms with E-state index in [-0.39, 0.29) is 12.1 Å². The molecule has 1 aliphatic carbocycles. The zero-order valence-corrected chi connectivity index (χ0v) is 6.23. The van der Waals surface area contributed by atoms with E-state index in [0.717, 1.165) is 12.2 Å². The standard InChI is InChI=1S/C9H11NO/c10-8-6-9(8)11-7-4-2-1-3-5-7/h1-5,8-9H,6,10H2/t8-,9-/m1/s1. The third kappa shape index (κ3) is 1.52. The van der Waals surface area contributed by atoms with Crippen LogP contribution in [0.15, 0.2) is 30.3 Å². The maximum absolute atomic E-state index is 5.59. The summed E-state index contributed by atoms with van der Waals surface area (Å²) in [4.78, 5) is 0. The summed E-state index contributed by atoms with van der Waals surface area (Å²) >= 11 is 0. The van der Waals surface area contributed by atoms with E-state index in [1.165, 1.54) is 0 Å². The van der Waals surface area contributed by atoms with Crippen molar-refractivity contribution < 1.29 is 4.74 Å². The summed E-state index contributed by atoms with van der Waals surface area (Å²) < 4.78 is 5.51. The second kappa shape index (κ2) is 2.55. The van der Waals surface area contributed by atoms with Gasteiger partial charge in [0, 0.05) is 12.5 Å². The van der Waals surface area contributed by atoms with Gasteiger partial charge in [-0.3, -0.25) is 0 Å². The largest absolute Gasteiger partial charge is 0.489 e. The quantitative estimate of drug-likeness (QED) is 0.685. The van der Waals surface area contributed by atoms with Crippen LogP contribution in [0.4, 0.5) is 0 Å². The number of ether oxygens (including phenoxy) is 1. The van der Waals surface area contributed by atoms with Crippen molar-refractivity contribution in [3.05, 3.63) is 30.3 Å². The molecule has 1 saturated carbocycles. The van der Waals surface area contributed by atoms with Crippen LogP contribution in [0.1, 0.15) is 6.42 Å². The Balaban J connectivity index is 1.97. The molecule has 1 fully saturated rings. The highest BCUT2D eigenvalue weighted by molar-refractivity contribution is 5.22. The normalized spacial score (nSPS) is 28.1. The summed E-state index contributed by atoms with van der Waals surface area (Å²) in [5.74, 6) is 0.922. The fraction of sp³-hybridized carbons (Fsp3) is 0.333. The smallest absolute Gasteiger partial charge is 0.119 e. The Bertz CT molecular complexity index is 235. The zero-order valence-electron chi connectivity index (χ0n) is 6.23. The van der Waals surface area contributed by atoms with E-state index in [4.69, 9.17) is 10.5 Å².